The lowest BCUT2D eigenvalue weighted by Gasteiger charge is -2.22. The van der Waals surface area contributed by atoms with Crippen molar-refractivity contribution in [2.24, 2.45) is 5.10 Å². The van der Waals surface area contributed by atoms with E-state index < -0.39 is 22.5 Å². The molecule has 0 bridgehead atoms. The van der Waals surface area contributed by atoms with Crippen molar-refractivity contribution >= 4 is 49.7 Å². The molecule has 0 aromatic heterocycles. The Hall–Kier alpha value is -2.92. The first-order chi connectivity index (χ1) is 15.1. The van der Waals surface area contributed by atoms with E-state index in [0.29, 0.717) is 21.5 Å². The van der Waals surface area contributed by atoms with Crippen LogP contribution >= 0.6 is 15.9 Å². The predicted molar refractivity (Wildman–Crippen MR) is 127 cm³/mol. The minimum Gasteiger partial charge on any atom is -0.484 e. The predicted octanol–water partition coefficient (Wildman–Crippen LogP) is 2.27. The molecule has 0 aliphatic heterocycles. The Kier molecular flexibility index (Phi) is 9.21. The molecule has 0 saturated carbocycles. The summed E-state index contributed by atoms with van der Waals surface area (Å²) in [6, 6.07) is 13.5. The summed E-state index contributed by atoms with van der Waals surface area (Å²) >= 11 is 3.30. The Balaban J connectivity index is 1.92. The standard InChI is InChI=1S/C21H25BrN4O5S/c1-15(2)24-21(28)14-31-17-10-8-16(9-11-17)12-23-25-20(27)13-26(32(3,29)30)19-7-5-4-6-18(19)22/h4-12,15H,13-14H2,1-3H3,(H,24,28)(H,25,27)/b23-12+. The first kappa shape index (κ1) is 25.3. The molecule has 9 nitrogen and oxygen atoms in total. The first-order valence-electron chi connectivity index (χ1n) is 9.62. The lowest BCUT2D eigenvalue weighted by Crippen LogP contribution is -2.39. The van der Waals surface area contributed by atoms with Crippen molar-refractivity contribution in [2.45, 2.75) is 19.9 Å². The van der Waals surface area contributed by atoms with Crippen LogP contribution in [-0.2, 0) is 19.6 Å². The SMILES string of the molecule is CC(C)NC(=O)COc1ccc(/C=N/NC(=O)CN(c2ccccc2Br)S(C)(=O)=O)cc1. The molecule has 0 aliphatic rings. The number of carbonyl (C=O) groups excluding carboxylic acids is 2. The van der Waals surface area contributed by atoms with Gasteiger partial charge in [-0.15, -0.1) is 0 Å². The lowest BCUT2D eigenvalue weighted by molar-refractivity contribution is -0.123. The summed E-state index contributed by atoms with van der Waals surface area (Å²) in [5, 5.41) is 6.60. The molecule has 0 fully saturated rings. The average Bonchev–Trinajstić information content (AvgIpc) is 2.71. The molecule has 0 atom stereocenters. The fourth-order valence-corrected chi connectivity index (χ4v) is 4.03. The third kappa shape index (κ3) is 8.31. The number of benzene rings is 2. The summed E-state index contributed by atoms with van der Waals surface area (Å²) in [6.45, 7) is 3.22. The molecule has 2 aromatic carbocycles. The lowest BCUT2D eigenvalue weighted by atomic mass is 10.2. The highest BCUT2D eigenvalue weighted by atomic mass is 79.9. The quantitative estimate of drug-likeness (QED) is 0.365. The van der Waals surface area contributed by atoms with E-state index >= 15 is 0 Å². The van der Waals surface area contributed by atoms with Crippen LogP contribution in [0, 0.1) is 0 Å². The fraction of sp³-hybridized carbons (Fsp3) is 0.286. The summed E-state index contributed by atoms with van der Waals surface area (Å²) < 4.78 is 31.2. The number of halogens is 1. The van der Waals surface area contributed by atoms with Gasteiger partial charge < -0.3 is 10.1 Å². The number of hydrogen-bond acceptors (Lipinski definition) is 6. The third-order valence-electron chi connectivity index (χ3n) is 3.91. The summed E-state index contributed by atoms with van der Waals surface area (Å²) in [5.74, 6) is -0.292. The number of anilines is 1. The highest BCUT2D eigenvalue weighted by Gasteiger charge is 2.22. The van der Waals surface area contributed by atoms with Crippen LogP contribution in [0.15, 0.2) is 58.1 Å². The molecule has 32 heavy (non-hydrogen) atoms. The third-order valence-corrected chi connectivity index (χ3v) is 5.71. The molecule has 0 radical (unpaired) electrons. The topological polar surface area (TPSA) is 117 Å². The molecule has 172 valence electrons. The second-order valence-corrected chi connectivity index (χ2v) is 9.86. The summed E-state index contributed by atoms with van der Waals surface area (Å²) in [6.07, 6.45) is 2.44. The maximum absolute atomic E-state index is 12.3. The number of amides is 2. The van der Waals surface area contributed by atoms with Crippen molar-refractivity contribution < 1.29 is 22.7 Å². The van der Waals surface area contributed by atoms with Crippen molar-refractivity contribution in [3.8, 4) is 5.75 Å². The van der Waals surface area contributed by atoms with Crippen molar-refractivity contribution in [1.29, 1.82) is 0 Å². The van der Waals surface area contributed by atoms with E-state index in [4.69, 9.17) is 4.74 Å². The Morgan fingerprint density at radius 2 is 1.78 bits per heavy atom. The van der Waals surface area contributed by atoms with Gasteiger partial charge in [-0.3, -0.25) is 13.9 Å². The summed E-state index contributed by atoms with van der Waals surface area (Å²) in [5.41, 5.74) is 3.35. The zero-order valence-corrected chi connectivity index (χ0v) is 20.3. The zero-order valence-electron chi connectivity index (χ0n) is 17.9. The number of hydrogen-bond donors (Lipinski definition) is 2. The van der Waals surface area contributed by atoms with Crippen LogP contribution in [0.25, 0.3) is 0 Å². The highest BCUT2D eigenvalue weighted by Crippen LogP contribution is 2.27. The zero-order chi connectivity index (χ0) is 23.7. The van der Waals surface area contributed by atoms with Crippen molar-refractivity contribution in [2.75, 3.05) is 23.7 Å². The molecule has 0 saturated heterocycles. The van der Waals surface area contributed by atoms with Crippen molar-refractivity contribution in [1.82, 2.24) is 10.7 Å². The molecule has 0 heterocycles. The Morgan fingerprint density at radius 3 is 2.38 bits per heavy atom. The monoisotopic (exact) mass is 524 g/mol. The van der Waals surface area contributed by atoms with Gasteiger partial charge in [0.2, 0.25) is 10.0 Å². The molecule has 2 amide bonds. The van der Waals surface area contributed by atoms with Crippen LogP contribution in [-0.4, -0.2) is 51.9 Å². The molecule has 2 aromatic rings. The Labute approximate surface area is 196 Å². The van der Waals surface area contributed by atoms with Gasteiger partial charge in [0.15, 0.2) is 6.61 Å². The highest BCUT2D eigenvalue weighted by molar-refractivity contribution is 9.10. The number of para-hydroxylation sites is 1. The second-order valence-electron chi connectivity index (χ2n) is 7.09. The fourth-order valence-electron chi connectivity index (χ4n) is 2.54. The summed E-state index contributed by atoms with van der Waals surface area (Å²) in [7, 11) is -3.69. The Morgan fingerprint density at radius 1 is 1.12 bits per heavy atom. The largest absolute Gasteiger partial charge is 0.484 e. The van der Waals surface area contributed by atoms with Gasteiger partial charge >= 0.3 is 0 Å². The number of nitrogens with one attached hydrogen (secondary N) is 2. The minimum absolute atomic E-state index is 0.0404. The van der Waals surface area contributed by atoms with Crippen LogP contribution in [0.5, 0.6) is 5.75 Å². The van der Waals surface area contributed by atoms with Crippen LogP contribution in [0.1, 0.15) is 19.4 Å². The van der Waals surface area contributed by atoms with E-state index in [1.807, 2.05) is 13.8 Å². The molecule has 2 rings (SSSR count). The maximum Gasteiger partial charge on any atom is 0.260 e. The van der Waals surface area contributed by atoms with Crippen molar-refractivity contribution in [3.05, 3.63) is 58.6 Å². The maximum atomic E-state index is 12.3. The van der Waals surface area contributed by atoms with E-state index in [1.165, 1.54) is 6.21 Å². The van der Waals surface area contributed by atoms with Gasteiger partial charge in [0, 0.05) is 10.5 Å². The number of rotatable bonds is 10. The van der Waals surface area contributed by atoms with E-state index in [2.05, 4.69) is 31.8 Å². The minimum atomic E-state index is -3.69. The normalized spacial score (nSPS) is 11.4. The molecular formula is C21H25BrN4O5S. The van der Waals surface area contributed by atoms with E-state index in [1.54, 1.807) is 48.5 Å². The van der Waals surface area contributed by atoms with E-state index in [9.17, 15) is 18.0 Å². The molecule has 0 aliphatic carbocycles. The van der Waals surface area contributed by atoms with E-state index in [0.717, 1.165) is 10.6 Å². The molecule has 0 unspecified atom stereocenters. The smallest absolute Gasteiger partial charge is 0.260 e. The van der Waals surface area contributed by atoms with Gasteiger partial charge in [-0.05, 0) is 71.7 Å². The average molecular weight is 525 g/mol. The number of nitrogens with zero attached hydrogens (tertiary/aromatic N) is 2. The molecular weight excluding hydrogens is 500 g/mol. The summed E-state index contributed by atoms with van der Waals surface area (Å²) in [4.78, 5) is 23.9. The van der Waals surface area contributed by atoms with Gasteiger partial charge in [-0.2, -0.15) is 5.10 Å². The van der Waals surface area contributed by atoms with Crippen LogP contribution in [0.3, 0.4) is 0 Å². The number of carbonyl (C=O) groups is 2. The molecule has 11 heteroatoms. The van der Waals surface area contributed by atoms with Gasteiger partial charge in [-0.25, -0.2) is 13.8 Å². The van der Waals surface area contributed by atoms with Gasteiger partial charge in [0.05, 0.1) is 18.2 Å². The Bertz CT molecular complexity index is 1070. The first-order valence-corrected chi connectivity index (χ1v) is 12.3. The van der Waals surface area contributed by atoms with Crippen molar-refractivity contribution in [3.63, 3.8) is 0 Å². The van der Waals surface area contributed by atoms with Crippen LogP contribution in [0.4, 0.5) is 5.69 Å². The molecule has 2 N–H and O–H groups in total. The van der Waals surface area contributed by atoms with Crippen LogP contribution < -0.4 is 19.8 Å². The number of sulfonamides is 1. The van der Waals surface area contributed by atoms with Gasteiger partial charge in [0.1, 0.15) is 12.3 Å². The van der Waals surface area contributed by atoms with Crippen LogP contribution in [0.2, 0.25) is 0 Å². The second kappa shape index (κ2) is 11.6. The number of hydrazone groups is 1. The molecule has 0 spiro atoms. The van der Waals surface area contributed by atoms with E-state index in [-0.39, 0.29) is 18.6 Å². The number of ether oxygens (including phenoxy) is 1. The van der Waals surface area contributed by atoms with Gasteiger partial charge in [0.25, 0.3) is 11.8 Å². The van der Waals surface area contributed by atoms with Gasteiger partial charge in [-0.1, -0.05) is 12.1 Å².